The van der Waals surface area contributed by atoms with Crippen molar-refractivity contribution in [3.8, 4) is 34.5 Å². The summed E-state index contributed by atoms with van der Waals surface area (Å²) in [6.45, 7) is 15.7. The molecule has 51 heavy (non-hydrogen) atoms. The van der Waals surface area contributed by atoms with Crippen molar-refractivity contribution in [2.75, 3.05) is 19.5 Å². The second-order valence-corrected chi connectivity index (χ2v) is 15.0. The molecule has 4 heterocycles. The van der Waals surface area contributed by atoms with Crippen LogP contribution in [-0.4, -0.2) is 79.3 Å². The van der Waals surface area contributed by atoms with Gasteiger partial charge in [-0.25, -0.2) is 33.0 Å². The zero-order chi connectivity index (χ0) is 37.6. The van der Waals surface area contributed by atoms with Gasteiger partial charge in [0.2, 0.25) is 15.0 Å². The minimum atomic E-state index is -3.54. The summed E-state index contributed by atoms with van der Waals surface area (Å²) in [7, 11) is -3.54. The van der Waals surface area contributed by atoms with E-state index in [1.807, 2.05) is 71.9 Å². The third-order valence-electron chi connectivity index (χ3n) is 6.73. The lowest BCUT2D eigenvalue weighted by Gasteiger charge is -2.22. The normalized spacial score (nSPS) is 11.7. The lowest BCUT2D eigenvalue weighted by Crippen LogP contribution is -2.25. The van der Waals surface area contributed by atoms with E-state index in [9.17, 15) is 18.0 Å². The van der Waals surface area contributed by atoms with E-state index in [-0.39, 0.29) is 34.7 Å². The van der Waals surface area contributed by atoms with Crippen LogP contribution in [-0.2, 0) is 30.4 Å². The summed E-state index contributed by atoms with van der Waals surface area (Å²) >= 11 is 0. The Balaban J connectivity index is 0.000000230. The highest BCUT2D eigenvalue weighted by Gasteiger charge is 2.26. The first-order valence-corrected chi connectivity index (χ1v) is 18.0. The molecule has 0 spiro atoms. The Morgan fingerprint density at radius 1 is 0.706 bits per heavy atom. The van der Waals surface area contributed by atoms with Gasteiger partial charge in [-0.1, -0.05) is 18.2 Å². The van der Waals surface area contributed by atoms with Crippen LogP contribution in [0.5, 0.6) is 11.8 Å². The maximum atomic E-state index is 12.1. The molecule has 0 radical (unpaired) electrons. The fourth-order valence-electron chi connectivity index (χ4n) is 4.55. The standard InChI is InChI=1S/C20H22N4O3.C15H20N4O4S/c1-5-26-18(25)16-13-17(24(23-16)20(2,3)4)15-11-12-21-19(22-15)27-14-9-7-6-8-10-14;1-6-23-13(20)11-9-12(19(18-11)15(2,3)4)10-7-8-16-14(17-10)24(5,21)22/h6-13H,5H2,1-4H3;7-9H,6H2,1-5H3. The van der Waals surface area contributed by atoms with Gasteiger partial charge in [-0.3, -0.25) is 9.36 Å². The van der Waals surface area contributed by atoms with Gasteiger partial charge >= 0.3 is 17.9 Å². The van der Waals surface area contributed by atoms with Crippen LogP contribution in [0.15, 0.2) is 72.1 Å². The van der Waals surface area contributed by atoms with Gasteiger partial charge in [0.15, 0.2) is 11.4 Å². The van der Waals surface area contributed by atoms with Crippen molar-refractivity contribution < 1.29 is 32.2 Å². The fourth-order valence-corrected chi connectivity index (χ4v) is 5.06. The Labute approximate surface area is 297 Å². The number of ether oxygens (including phenoxy) is 3. The number of sulfone groups is 1. The van der Waals surface area contributed by atoms with Gasteiger partial charge in [-0.2, -0.15) is 15.2 Å². The van der Waals surface area contributed by atoms with Gasteiger partial charge in [0.1, 0.15) is 5.75 Å². The highest BCUT2D eigenvalue weighted by atomic mass is 32.2. The van der Waals surface area contributed by atoms with Gasteiger partial charge in [-0.15, -0.1) is 0 Å². The molecule has 270 valence electrons. The van der Waals surface area contributed by atoms with E-state index in [4.69, 9.17) is 14.2 Å². The highest BCUT2D eigenvalue weighted by molar-refractivity contribution is 7.90. The number of rotatable bonds is 9. The Hall–Kier alpha value is -5.51. The molecule has 0 bridgehead atoms. The Kier molecular flexibility index (Phi) is 11.7. The third kappa shape index (κ3) is 9.81. The first-order valence-electron chi connectivity index (χ1n) is 16.1. The quantitative estimate of drug-likeness (QED) is 0.133. The average molecular weight is 719 g/mol. The fraction of sp³-hybridized carbons (Fsp3) is 0.371. The average Bonchev–Trinajstić information content (AvgIpc) is 3.73. The van der Waals surface area contributed by atoms with E-state index in [0.29, 0.717) is 35.1 Å². The van der Waals surface area contributed by atoms with Gasteiger partial charge in [0.25, 0.3) is 0 Å². The minimum absolute atomic E-state index is 0.140. The minimum Gasteiger partial charge on any atom is -0.461 e. The molecule has 0 saturated heterocycles. The Morgan fingerprint density at radius 3 is 1.63 bits per heavy atom. The molecule has 0 aliphatic rings. The van der Waals surface area contributed by atoms with Crippen LogP contribution in [0, 0.1) is 0 Å². The predicted octanol–water partition coefficient (Wildman–Crippen LogP) is 5.74. The molecule has 4 aromatic heterocycles. The van der Waals surface area contributed by atoms with Gasteiger partial charge in [0.05, 0.1) is 47.1 Å². The number of benzene rings is 1. The molecular formula is C35H42N8O7S. The number of carbonyl (C=O) groups is 2. The lowest BCUT2D eigenvalue weighted by atomic mass is 10.1. The van der Waals surface area contributed by atoms with Crippen LogP contribution in [0.1, 0.15) is 76.4 Å². The highest BCUT2D eigenvalue weighted by Crippen LogP contribution is 2.28. The number of esters is 2. The van der Waals surface area contributed by atoms with E-state index in [1.54, 1.807) is 47.6 Å². The molecule has 1 aromatic carbocycles. The summed E-state index contributed by atoms with van der Waals surface area (Å²) in [4.78, 5) is 40.6. The molecule has 0 N–H and O–H groups in total. The van der Waals surface area contributed by atoms with Crippen molar-refractivity contribution in [3.05, 3.63) is 78.4 Å². The second-order valence-electron chi connectivity index (χ2n) is 13.1. The molecule has 0 saturated carbocycles. The van der Waals surface area contributed by atoms with E-state index >= 15 is 0 Å². The van der Waals surface area contributed by atoms with Crippen molar-refractivity contribution in [3.63, 3.8) is 0 Å². The van der Waals surface area contributed by atoms with Crippen LogP contribution in [0.3, 0.4) is 0 Å². The van der Waals surface area contributed by atoms with E-state index in [2.05, 4.69) is 30.1 Å². The van der Waals surface area contributed by atoms with Crippen molar-refractivity contribution in [1.82, 2.24) is 39.5 Å². The van der Waals surface area contributed by atoms with Crippen molar-refractivity contribution in [1.29, 1.82) is 0 Å². The van der Waals surface area contributed by atoms with Gasteiger partial charge in [-0.05, 0) is 79.7 Å². The first-order chi connectivity index (χ1) is 23.9. The molecule has 0 amide bonds. The van der Waals surface area contributed by atoms with Gasteiger partial charge in [0, 0.05) is 30.8 Å². The van der Waals surface area contributed by atoms with Crippen LogP contribution in [0.25, 0.3) is 22.8 Å². The van der Waals surface area contributed by atoms with E-state index in [1.165, 1.54) is 12.3 Å². The number of carbonyl (C=O) groups excluding carboxylic acids is 2. The summed E-state index contributed by atoms with van der Waals surface area (Å²) in [6.07, 6.45) is 4.02. The van der Waals surface area contributed by atoms with E-state index < -0.39 is 27.3 Å². The van der Waals surface area contributed by atoms with E-state index in [0.717, 1.165) is 6.26 Å². The van der Waals surface area contributed by atoms with Gasteiger partial charge < -0.3 is 14.2 Å². The third-order valence-corrected chi connectivity index (χ3v) is 7.59. The smallest absolute Gasteiger partial charge is 0.358 e. The number of hydrogen-bond donors (Lipinski definition) is 0. The molecule has 0 atom stereocenters. The van der Waals surface area contributed by atoms with Crippen molar-refractivity contribution >= 4 is 21.8 Å². The van der Waals surface area contributed by atoms with Crippen molar-refractivity contribution in [2.45, 2.75) is 71.6 Å². The number of hydrogen-bond acceptors (Lipinski definition) is 13. The SMILES string of the molecule is CCOC(=O)c1cc(-c2ccnc(Oc3ccccc3)n2)n(C(C)(C)C)n1.CCOC(=O)c1cc(-c2ccnc(S(C)(=O)=O)n2)n(C(C)(C)C)n1. The maximum absolute atomic E-state index is 12.1. The molecule has 0 aliphatic carbocycles. The van der Waals surface area contributed by atoms with Crippen LogP contribution >= 0.6 is 0 Å². The summed E-state index contributed by atoms with van der Waals surface area (Å²) in [6, 6.07) is 16.1. The number of para-hydroxylation sites is 1. The monoisotopic (exact) mass is 718 g/mol. The number of nitrogens with zero attached hydrogens (tertiary/aromatic N) is 8. The lowest BCUT2D eigenvalue weighted by molar-refractivity contribution is 0.0508. The van der Waals surface area contributed by atoms with Crippen LogP contribution in [0.4, 0.5) is 0 Å². The Bertz CT molecular complexity index is 2100. The molecule has 15 nitrogen and oxygen atoms in total. The maximum Gasteiger partial charge on any atom is 0.358 e. The molecular weight excluding hydrogens is 677 g/mol. The first kappa shape index (κ1) is 38.3. The summed E-state index contributed by atoms with van der Waals surface area (Å²) in [5, 5.41) is 8.45. The largest absolute Gasteiger partial charge is 0.461 e. The molecule has 16 heteroatoms. The molecule has 0 aliphatic heterocycles. The molecule has 0 fully saturated rings. The molecule has 0 unspecified atom stereocenters. The summed E-state index contributed by atoms with van der Waals surface area (Å²) in [5.41, 5.74) is 1.75. The molecule has 5 aromatic rings. The summed E-state index contributed by atoms with van der Waals surface area (Å²) in [5.74, 6) is -0.359. The Morgan fingerprint density at radius 2 is 1.18 bits per heavy atom. The topological polar surface area (TPSA) is 183 Å². The number of aromatic nitrogens is 8. The zero-order valence-corrected chi connectivity index (χ0v) is 30.9. The summed E-state index contributed by atoms with van der Waals surface area (Å²) < 4.78 is 42.5. The van der Waals surface area contributed by atoms with Crippen LogP contribution in [0.2, 0.25) is 0 Å². The predicted molar refractivity (Wildman–Crippen MR) is 188 cm³/mol. The van der Waals surface area contributed by atoms with Crippen LogP contribution < -0.4 is 4.74 Å². The zero-order valence-electron chi connectivity index (χ0n) is 30.1. The second kappa shape index (κ2) is 15.6. The molecule has 5 rings (SSSR count). The van der Waals surface area contributed by atoms with Crippen molar-refractivity contribution in [2.24, 2.45) is 0 Å².